The van der Waals surface area contributed by atoms with Gasteiger partial charge in [-0.25, -0.2) is 9.97 Å². The normalized spacial score (nSPS) is 11.2. The Kier molecular flexibility index (Phi) is 3.32. The molecule has 0 atom stereocenters. The van der Waals surface area contributed by atoms with Gasteiger partial charge in [0.1, 0.15) is 11.6 Å². The summed E-state index contributed by atoms with van der Waals surface area (Å²) in [6.45, 7) is 0. The van der Waals surface area contributed by atoms with E-state index in [-0.39, 0.29) is 0 Å². The molecule has 0 aliphatic heterocycles. The fraction of sp³-hybridized carbons (Fsp3) is 0. The second-order valence-corrected chi connectivity index (χ2v) is 6.98. The van der Waals surface area contributed by atoms with Gasteiger partial charge in [0, 0.05) is 5.39 Å². The van der Waals surface area contributed by atoms with Gasteiger partial charge >= 0.3 is 0 Å². The molecule has 0 radical (unpaired) electrons. The monoisotopic (exact) mass is 358 g/mol. The number of aromatic nitrogens is 4. The van der Waals surface area contributed by atoms with Crippen molar-refractivity contribution in [1.82, 2.24) is 20.2 Å². The van der Waals surface area contributed by atoms with E-state index in [4.69, 9.17) is 5.73 Å². The molecule has 0 aliphatic carbocycles. The number of nitrogens with one attached hydrogen (secondary N) is 2. The van der Waals surface area contributed by atoms with Crippen molar-refractivity contribution in [1.29, 1.82) is 0 Å². The molecule has 0 aliphatic rings. The summed E-state index contributed by atoms with van der Waals surface area (Å²) in [6.07, 6.45) is 1.83. The lowest BCUT2D eigenvalue weighted by atomic mass is 10.0. The summed E-state index contributed by atoms with van der Waals surface area (Å²) >= 11 is 1.59. The van der Waals surface area contributed by atoms with Crippen LogP contribution in [0.3, 0.4) is 0 Å². The molecule has 0 bridgehead atoms. The minimum atomic E-state index is 0.479. The first-order valence-electron chi connectivity index (χ1n) is 8.08. The number of rotatable bonds is 3. The summed E-state index contributed by atoms with van der Waals surface area (Å²) in [7, 11) is 0. The van der Waals surface area contributed by atoms with Gasteiger partial charge in [-0.3, -0.25) is 5.10 Å². The van der Waals surface area contributed by atoms with Crippen LogP contribution >= 0.6 is 11.3 Å². The maximum Gasteiger partial charge on any atom is 0.189 e. The van der Waals surface area contributed by atoms with Gasteiger partial charge in [-0.15, -0.1) is 0 Å². The summed E-state index contributed by atoms with van der Waals surface area (Å²) < 4.78 is 1.11. The number of nitrogens with two attached hydrogens (primary N) is 1. The van der Waals surface area contributed by atoms with Crippen LogP contribution in [-0.4, -0.2) is 20.2 Å². The summed E-state index contributed by atoms with van der Waals surface area (Å²) in [5.41, 5.74) is 10.00. The molecule has 5 aromatic rings. The summed E-state index contributed by atoms with van der Waals surface area (Å²) in [4.78, 5) is 8.88. The van der Waals surface area contributed by atoms with Gasteiger partial charge in [0.25, 0.3) is 0 Å². The maximum absolute atomic E-state index is 5.73. The summed E-state index contributed by atoms with van der Waals surface area (Å²) in [5.74, 6) is 1.17. The Balaban J connectivity index is 1.51. The first-order valence-corrected chi connectivity index (χ1v) is 8.90. The first kappa shape index (κ1) is 14.9. The maximum atomic E-state index is 5.73. The van der Waals surface area contributed by atoms with Crippen molar-refractivity contribution in [2.45, 2.75) is 0 Å². The number of hydrogen-bond acceptors (Lipinski definition) is 6. The zero-order chi connectivity index (χ0) is 17.5. The van der Waals surface area contributed by atoms with Crippen molar-refractivity contribution in [3.63, 3.8) is 0 Å². The quantitative estimate of drug-likeness (QED) is 0.440. The highest BCUT2D eigenvalue weighted by molar-refractivity contribution is 7.22. The number of hydrogen-bond donors (Lipinski definition) is 3. The highest BCUT2D eigenvalue weighted by atomic mass is 32.1. The molecule has 0 amide bonds. The number of benzene rings is 2. The van der Waals surface area contributed by atoms with Crippen LogP contribution in [-0.2, 0) is 0 Å². The molecule has 4 N–H and O–H groups in total. The molecule has 0 spiro atoms. The molecule has 5 rings (SSSR count). The number of thiazole rings is 1. The lowest BCUT2D eigenvalue weighted by Crippen LogP contribution is -1.95. The Labute approximate surface area is 152 Å². The van der Waals surface area contributed by atoms with Crippen molar-refractivity contribution < 1.29 is 0 Å². The van der Waals surface area contributed by atoms with E-state index in [0.29, 0.717) is 11.6 Å². The highest BCUT2D eigenvalue weighted by Crippen LogP contribution is 2.32. The van der Waals surface area contributed by atoms with Gasteiger partial charge in [-0.2, -0.15) is 5.10 Å². The third-order valence-corrected chi connectivity index (χ3v) is 5.10. The van der Waals surface area contributed by atoms with Crippen LogP contribution in [0.4, 0.5) is 16.8 Å². The third kappa shape index (κ3) is 2.64. The van der Waals surface area contributed by atoms with E-state index in [1.54, 1.807) is 17.4 Å². The largest absolute Gasteiger partial charge is 0.384 e. The number of anilines is 3. The van der Waals surface area contributed by atoms with E-state index in [1.165, 1.54) is 0 Å². The predicted octanol–water partition coefficient (Wildman–Crippen LogP) is 4.56. The molecular weight excluding hydrogens is 344 g/mol. The first-order chi connectivity index (χ1) is 12.7. The smallest absolute Gasteiger partial charge is 0.189 e. The summed E-state index contributed by atoms with van der Waals surface area (Å²) in [6, 6.07) is 18.1. The molecule has 6 nitrogen and oxygen atoms in total. The van der Waals surface area contributed by atoms with Crippen molar-refractivity contribution in [2.24, 2.45) is 0 Å². The molecule has 0 saturated heterocycles. The summed E-state index contributed by atoms with van der Waals surface area (Å²) in [5, 5.41) is 12.2. The van der Waals surface area contributed by atoms with Gasteiger partial charge < -0.3 is 11.1 Å². The molecule has 2 aromatic carbocycles. The van der Waals surface area contributed by atoms with E-state index in [9.17, 15) is 0 Å². The zero-order valence-electron chi connectivity index (χ0n) is 13.6. The van der Waals surface area contributed by atoms with Crippen molar-refractivity contribution in [2.75, 3.05) is 11.1 Å². The van der Waals surface area contributed by atoms with E-state index in [1.807, 2.05) is 24.4 Å². The molecule has 7 heteroatoms. The molecule has 0 fully saturated rings. The van der Waals surface area contributed by atoms with Crippen molar-refractivity contribution in [3.05, 3.63) is 60.8 Å². The second kappa shape index (κ2) is 5.82. The van der Waals surface area contributed by atoms with E-state index in [2.05, 4.69) is 55.8 Å². The Morgan fingerprint density at radius 3 is 2.77 bits per heavy atom. The molecule has 26 heavy (non-hydrogen) atoms. The number of H-pyrrole nitrogens is 1. The fourth-order valence-corrected chi connectivity index (χ4v) is 3.82. The van der Waals surface area contributed by atoms with Crippen LogP contribution in [0.25, 0.3) is 32.2 Å². The Morgan fingerprint density at radius 2 is 1.85 bits per heavy atom. The predicted molar refractivity (Wildman–Crippen MR) is 107 cm³/mol. The van der Waals surface area contributed by atoms with Crippen LogP contribution in [0.1, 0.15) is 0 Å². The van der Waals surface area contributed by atoms with Crippen LogP contribution < -0.4 is 11.1 Å². The molecule has 126 valence electrons. The number of fused-ring (bicyclic) bond motifs is 2. The van der Waals surface area contributed by atoms with Gasteiger partial charge in [-0.05, 0) is 41.5 Å². The molecule has 0 unspecified atom stereocenters. The van der Waals surface area contributed by atoms with Gasteiger partial charge in [0.05, 0.1) is 21.9 Å². The molecule has 0 saturated carbocycles. The Hall–Kier alpha value is -3.45. The average molecular weight is 358 g/mol. The number of nitrogen functional groups attached to an aromatic ring is 1. The van der Waals surface area contributed by atoms with Crippen molar-refractivity contribution >= 4 is 49.2 Å². The van der Waals surface area contributed by atoms with E-state index in [0.717, 1.165) is 37.4 Å². The van der Waals surface area contributed by atoms with E-state index >= 15 is 0 Å². The Bertz CT molecular complexity index is 1240. The van der Waals surface area contributed by atoms with Crippen LogP contribution in [0.15, 0.2) is 60.8 Å². The van der Waals surface area contributed by atoms with Gasteiger partial charge in [0.15, 0.2) is 5.13 Å². The minimum Gasteiger partial charge on any atom is -0.384 e. The van der Waals surface area contributed by atoms with Crippen LogP contribution in [0.2, 0.25) is 0 Å². The Morgan fingerprint density at radius 1 is 0.962 bits per heavy atom. The van der Waals surface area contributed by atoms with Crippen molar-refractivity contribution in [3.8, 4) is 11.1 Å². The standard InChI is InChI=1S/C19H14N6S/c20-17-2-1-3-18(23-17)24-19-22-14-7-6-12(9-16(14)26-19)11-4-5-13-10-21-25-15(13)8-11/h1-10H,(H,21,25)(H3,20,22,23,24). The van der Waals surface area contributed by atoms with Crippen LogP contribution in [0, 0.1) is 0 Å². The lowest BCUT2D eigenvalue weighted by molar-refractivity contribution is 1.12. The zero-order valence-corrected chi connectivity index (χ0v) is 14.4. The topological polar surface area (TPSA) is 92.5 Å². The van der Waals surface area contributed by atoms with Crippen LogP contribution in [0.5, 0.6) is 0 Å². The molecule has 3 heterocycles. The minimum absolute atomic E-state index is 0.479. The fourth-order valence-electron chi connectivity index (χ4n) is 2.90. The third-order valence-electron chi connectivity index (χ3n) is 4.17. The lowest BCUT2D eigenvalue weighted by Gasteiger charge is -2.01. The molecular formula is C19H14N6S. The van der Waals surface area contributed by atoms with Gasteiger partial charge in [0.2, 0.25) is 0 Å². The number of nitrogens with zero attached hydrogens (tertiary/aromatic N) is 3. The number of pyridine rings is 1. The van der Waals surface area contributed by atoms with Gasteiger partial charge in [-0.1, -0.05) is 35.6 Å². The average Bonchev–Trinajstić information content (AvgIpc) is 3.26. The number of aromatic amines is 1. The molecule has 3 aromatic heterocycles. The second-order valence-electron chi connectivity index (χ2n) is 5.95. The SMILES string of the molecule is Nc1cccc(Nc2nc3ccc(-c4ccc5cn[nH]c5c4)cc3s2)n1. The highest BCUT2D eigenvalue weighted by Gasteiger charge is 2.08. The van der Waals surface area contributed by atoms with E-state index < -0.39 is 0 Å².